The Morgan fingerprint density at radius 2 is 2.06 bits per heavy atom. The largest absolute Gasteiger partial charge is 0.359 e. The van der Waals surface area contributed by atoms with Gasteiger partial charge in [0.1, 0.15) is 6.79 Å². The summed E-state index contributed by atoms with van der Waals surface area (Å²) in [6, 6.07) is 0. The Hall–Kier alpha value is -0.610. The molecule has 1 fully saturated rings. The first-order chi connectivity index (χ1) is 7.60. The van der Waals surface area contributed by atoms with Crippen LogP contribution < -0.4 is 0 Å². The van der Waals surface area contributed by atoms with E-state index in [0.717, 1.165) is 19.5 Å². The molecule has 4 heteroatoms. The molecule has 0 heterocycles. The second-order valence-corrected chi connectivity index (χ2v) is 4.57. The third-order valence-corrected chi connectivity index (χ3v) is 3.47. The van der Waals surface area contributed by atoms with Crippen molar-refractivity contribution >= 4 is 5.91 Å². The van der Waals surface area contributed by atoms with Crippen molar-refractivity contribution in [3.05, 3.63) is 0 Å². The summed E-state index contributed by atoms with van der Waals surface area (Å²) in [6.07, 6.45) is 0.937. The van der Waals surface area contributed by atoms with Gasteiger partial charge in [-0.05, 0) is 26.2 Å². The molecule has 0 aromatic rings. The first kappa shape index (κ1) is 13.5. The van der Waals surface area contributed by atoms with Gasteiger partial charge >= 0.3 is 0 Å². The maximum Gasteiger partial charge on any atom is 0.228 e. The summed E-state index contributed by atoms with van der Waals surface area (Å²) >= 11 is 0. The molecule has 94 valence electrons. The van der Waals surface area contributed by atoms with E-state index in [4.69, 9.17) is 9.47 Å². The van der Waals surface area contributed by atoms with E-state index >= 15 is 0 Å². The van der Waals surface area contributed by atoms with Crippen molar-refractivity contribution < 1.29 is 14.3 Å². The number of hydrogen-bond donors (Lipinski definition) is 0. The zero-order valence-corrected chi connectivity index (χ0v) is 10.8. The van der Waals surface area contributed by atoms with Crippen LogP contribution in [0.1, 0.15) is 27.2 Å². The van der Waals surface area contributed by atoms with Crippen LogP contribution in [-0.2, 0) is 14.3 Å². The van der Waals surface area contributed by atoms with Gasteiger partial charge in [0.2, 0.25) is 5.91 Å². The normalized spacial score (nSPS) is 27.9. The van der Waals surface area contributed by atoms with Crippen molar-refractivity contribution in [3.8, 4) is 0 Å². The Morgan fingerprint density at radius 1 is 1.44 bits per heavy atom. The Labute approximate surface area is 97.9 Å². The Bertz CT molecular complexity index is 240. The predicted molar refractivity (Wildman–Crippen MR) is 62.0 cm³/mol. The molecular weight excluding hydrogens is 206 g/mol. The molecule has 0 saturated heterocycles. The standard InChI is InChI=1S/C12H23NO3/c1-5-13(6-2)11(14)12(3)7-10(12)8-16-9-15-4/h10H,5-9H2,1-4H3/t10-,12-/m1/s1. The van der Waals surface area contributed by atoms with Gasteiger partial charge in [0.15, 0.2) is 0 Å². The van der Waals surface area contributed by atoms with Crippen LogP contribution in [0.15, 0.2) is 0 Å². The molecule has 1 saturated carbocycles. The summed E-state index contributed by atoms with van der Waals surface area (Å²) in [6.45, 7) is 8.58. The second kappa shape index (κ2) is 5.64. The SMILES string of the molecule is CCN(CC)C(=O)[C@]1(C)C[C@@H]1COCOC. The molecule has 4 nitrogen and oxygen atoms in total. The number of methoxy groups -OCH3 is 1. The van der Waals surface area contributed by atoms with Crippen LogP contribution in [0.5, 0.6) is 0 Å². The molecule has 0 bridgehead atoms. The maximum atomic E-state index is 12.2. The Kier molecular flexibility index (Phi) is 4.74. The van der Waals surface area contributed by atoms with Crippen LogP contribution in [0.2, 0.25) is 0 Å². The lowest BCUT2D eigenvalue weighted by Crippen LogP contribution is -2.37. The number of hydrogen-bond acceptors (Lipinski definition) is 3. The molecule has 1 aliphatic rings. The molecule has 1 rings (SSSR count). The lowest BCUT2D eigenvalue weighted by Gasteiger charge is -2.23. The van der Waals surface area contributed by atoms with Gasteiger partial charge in [-0.15, -0.1) is 0 Å². The van der Waals surface area contributed by atoms with Gasteiger partial charge in [-0.1, -0.05) is 6.92 Å². The van der Waals surface area contributed by atoms with E-state index < -0.39 is 0 Å². The van der Waals surface area contributed by atoms with Gasteiger partial charge in [0, 0.05) is 20.2 Å². The zero-order chi connectivity index (χ0) is 12.2. The third-order valence-electron chi connectivity index (χ3n) is 3.47. The fraction of sp³-hybridized carbons (Fsp3) is 0.917. The molecule has 0 N–H and O–H groups in total. The number of rotatable bonds is 7. The molecule has 0 spiro atoms. The lowest BCUT2D eigenvalue weighted by molar-refractivity contribution is -0.137. The summed E-state index contributed by atoms with van der Waals surface area (Å²) in [5.41, 5.74) is -0.195. The van der Waals surface area contributed by atoms with Gasteiger partial charge in [0.05, 0.1) is 12.0 Å². The minimum absolute atomic E-state index is 0.195. The fourth-order valence-corrected chi connectivity index (χ4v) is 2.10. The van der Waals surface area contributed by atoms with Crippen LogP contribution in [-0.4, -0.2) is 44.4 Å². The van der Waals surface area contributed by atoms with Crippen molar-refractivity contribution in [2.45, 2.75) is 27.2 Å². The average molecular weight is 229 g/mol. The van der Waals surface area contributed by atoms with Crippen molar-refractivity contribution in [1.82, 2.24) is 4.90 Å². The quantitative estimate of drug-likeness (QED) is 0.490. The average Bonchev–Trinajstić information content (AvgIpc) is 2.93. The summed E-state index contributed by atoms with van der Waals surface area (Å²) in [7, 11) is 1.60. The van der Waals surface area contributed by atoms with Crippen LogP contribution in [0.3, 0.4) is 0 Å². The Balaban J connectivity index is 2.40. The number of carbonyl (C=O) groups excluding carboxylic acids is 1. The first-order valence-electron chi connectivity index (χ1n) is 5.96. The van der Waals surface area contributed by atoms with E-state index in [0.29, 0.717) is 19.3 Å². The number of nitrogens with zero attached hydrogens (tertiary/aromatic N) is 1. The fourth-order valence-electron chi connectivity index (χ4n) is 2.10. The highest BCUT2D eigenvalue weighted by atomic mass is 16.7. The smallest absolute Gasteiger partial charge is 0.228 e. The summed E-state index contributed by atoms with van der Waals surface area (Å²) in [5, 5.41) is 0. The minimum Gasteiger partial charge on any atom is -0.359 e. The van der Waals surface area contributed by atoms with Crippen molar-refractivity contribution in [2.75, 3.05) is 33.6 Å². The highest BCUT2D eigenvalue weighted by Gasteiger charge is 2.56. The molecule has 16 heavy (non-hydrogen) atoms. The van der Waals surface area contributed by atoms with Crippen molar-refractivity contribution in [1.29, 1.82) is 0 Å². The summed E-state index contributed by atoms with van der Waals surface area (Å²) < 4.78 is 10.1. The van der Waals surface area contributed by atoms with Gasteiger partial charge in [-0.3, -0.25) is 4.79 Å². The first-order valence-corrected chi connectivity index (χ1v) is 5.96. The summed E-state index contributed by atoms with van der Waals surface area (Å²) in [5.74, 6) is 0.624. The number of ether oxygens (including phenoxy) is 2. The van der Waals surface area contributed by atoms with Gasteiger partial charge in [0.25, 0.3) is 0 Å². The maximum absolute atomic E-state index is 12.2. The third kappa shape index (κ3) is 2.74. The molecule has 2 atom stereocenters. The molecule has 1 aliphatic carbocycles. The molecule has 1 amide bonds. The topological polar surface area (TPSA) is 38.8 Å². The van der Waals surface area contributed by atoms with Gasteiger partial charge in [-0.2, -0.15) is 0 Å². The molecule has 0 aliphatic heterocycles. The van der Waals surface area contributed by atoms with Crippen molar-refractivity contribution in [2.24, 2.45) is 11.3 Å². The zero-order valence-electron chi connectivity index (χ0n) is 10.8. The molecular formula is C12H23NO3. The van der Waals surface area contributed by atoms with Crippen molar-refractivity contribution in [3.63, 3.8) is 0 Å². The van der Waals surface area contributed by atoms with Gasteiger partial charge in [-0.25, -0.2) is 0 Å². The minimum atomic E-state index is -0.195. The van der Waals surface area contributed by atoms with Gasteiger partial charge < -0.3 is 14.4 Å². The van der Waals surface area contributed by atoms with E-state index in [1.165, 1.54) is 0 Å². The number of carbonyl (C=O) groups is 1. The highest BCUT2D eigenvalue weighted by Crippen LogP contribution is 2.53. The van der Waals surface area contributed by atoms with E-state index in [-0.39, 0.29) is 11.3 Å². The molecule has 0 radical (unpaired) electrons. The van der Waals surface area contributed by atoms with E-state index in [9.17, 15) is 4.79 Å². The monoisotopic (exact) mass is 229 g/mol. The highest BCUT2D eigenvalue weighted by molar-refractivity contribution is 5.85. The molecule has 0 aromatic carbocycles. The number of amides is 1. The van der Waals surface area contributed by atoms with Crippen LogP contribution in [0.4, 0.5) is 0 Å². The Morgan fingerprint density at radius 3 is 2.56 bits per heavy atom. The lowest BCUT2D eigenvalue weighted by atomic mass is 10.1. The second-order valence-electron chi connectivity index (χ2n) is 4.57. The van der Waals surface area contributed by atoms with Crippen LogP contribution >= 0.6 is 0 Å². The van der Waals surface area contributed by atoms with E-state index in [1.54, 1.807) is 7.11 Å². The summed E-state index contributed by atoms with van der Waals surface area (Å²) in [4.78, 5) is 14.1. The van der Waals surface area contributed by atoms with Crippen LogP contribution in [0, 0.1) is 11.3 Å². The molecule has 0 unspecified atom stereocenters. The van der Waals surface area contributed by atoms with E-state index in [2.05, 4.69) is 0 Å². The van der Waals surface area contributed by atoms with Crippen LogP contribution in [0.25, 0.3) is 0 Å². The molecule has 0 aromatic heterocycles. The van der Waals surface area contributed by atoms with E-state index in [1.807, 2.05) is 25.7 Å². The predicted octanol–water partition coefficient (Wildman–Crippen LogP) is 1.50.